The molecule has 0 saturated carbocycles. The number of rotatable bonds is 5. The molecule has 3 rings (SSSR count). The molecule has 1 heterocycles. The van der Waals surface area contributed by atoms with Crippen molar-refractivity contribution >= 4 is 40.2 Å². The summed E-state index contributed by atoms with van der Waals surface area (Å²) >= 11 is 2.13. The van der Waals surface area contributed by atoms with Gasteiger partial charge in [0.2, 0.25) is 0 Å². The molecule has 1 aromatic heterocycles. The summed E-state index contributed by atoms with van der Waals surface area (Å²) in [5.41, 5.74) is 0.247. The standard InChI is InChI=1S/C20H16IN3O4/c1-2-28-20(27)18-16(22-19(26)13-8-10-14(21)11-9-13)12-17(25)24(23-18)15-6-4-3-5-7-15/h3-12H,2H2,1H3,(H,22,26). The van der Waals surface area contributed by atoms with Crippen molar-refractivity contribution in [1.29, 1.82) is 0 Å². The van der Waals surface area contributed by atoms with Gasteiger partial charge in [0.25, 0.3) is 11.5 Å². The predicted molar refractivity (Wildman–Crippen MR) is 113 cm³/mol. The van der Waals surface area contributed by atoms with Crippen LogP contribution in [0, 0.1) is 3.57 Å². The average molecular weight is 489 g/mol. The average Bonchev–Trinajstić information content (AvgIpc) is 2.69. The maximum Gasteiger partial charge on any atom is 0.360 e. The Bertz CT molecular complexity index is 1060. The molecule has 28 heavy (non-hydrogen) atoms. The van der Waals surface area contributed by atoms with Crippen LogP contribution in [0.3, 0.4) is 0 Å². The summed E-state index contributed by atoms with van der Waals surface area (Å²) in [5.74, 6) is -1.19. The molecule has 0 spiro atoms. The van der Waals surface area contributed by atoms with Crippen LogP contribution in [-0.2, 0) is 4.74 Å². The van der Waals surface area contributed by atoms with Crippen LogP contribution in [0.15, 0.2) is 65.5 Å². The quantitative estimate of drug-likeness (QED) is 0.439. The summed E-state index contributed by atoms with van der Waals surface area (Å²) in [6.07, 6.45) is 0. The minimum Gasteiger partial charge on any atom is -0.461 e. The van der Waals surface area contributed by atoms with E-state index in [2.05, 4.69) is 33.0 Å². The highest BCUT2D eigenvalue weighted by Crippen LogP contribution is 2.16. The molecule has 1 amide bonds. The van der Waals surface area contributed by atoms with E-state index >= 15 is 0 Å². The van der Waals surface area contributed by atoms with Gasteiger partial charge in [-0.2, -0.15) is 9.78 Å². The molecule has 0 saturated heterocycles. The van der Waals surface area contributed by atoms with Gasteiger partial charge >= 0.3 is 5.97 Å². The lowest BCUT2D eigenvalue weighted by atomic mass is 10.2. The Hall–Kier alpha value is -3.01. The second-order valence-electron chi connectivity index (χ2n) is 5.67. The minimum absolute atomic E-state index is 0.000758. The monoisotopic (exact) mass is 489 g/mol. The molecule has 0 bridgehead atoms. The highest BCUT2D eigenvalue weighted by atomic mass is 127. The molecule has 0 aliphatic heterocycles. The summed E-state index contributed by atoms with van der Waals surface area (Å²) < 4.78 is 7.10. The molecule has 0 fully saturated rings. The summed E-state index contributed by atoms with van der Waals surface area (Å²) in [6, 6.07) is 16.7. The van der Waals surface area contributed by atoms with E-state index < -0.39 is 17.4 Å². The number of carbonyl (C=O) groups is 2. The van der Waals surface area contributed by atoms with Crippen LogP contribution in [-0.4, -0.2) is 28.3 Å². The first kappa shape index (κ1) is 19.7. The van der Waals surface area contributed by atoms with Crippen molar-refractivity contribution in [2.75, 3.05) is 11.9 Å². The zero-order valence-corrected chi connectivity index (χ0v) is 17.0. The fourth-order valence-corrected chi connectivity index (χ4v) is 2.81. The van der Waals surface area contributed by atoms with Gasteiger partial charge in [-0.15, -0.1) is 0 Å². The van der Waals surface area contributed by atoms with E-state index in [4.69, 9.17) is 4.74 Å². The molecule has 0 aliphatic rings. The van der Waals surface area contributed by atoms with Gasteiger partial charge in [0.05, 0.1) is 18.0 Å². The number of anilines is 1. The van der Waals surface area contributed by atoms with E-state index in [0.29, 0.717) is 11.3 Å². The van der Waals surface area contributed by atoms with Crippen molar-refractivity contribution in [2.45, 2.75) is 6.92 Å². The summed E-state index contributed by atoms with van der Waals surface area (Å²) in [6.45, 7) is 1.80. The number of ether oxygens (including phenoxy) is 1. The van der Waals surface area contributed by atoms with Gasteiger partial charge in [0.15, 0.2) is 5.69 Å². The van der Waals surface area contributed by atoms with E-state index in [1.165, 1.54) is 0 Å². The number of benzene rings is 2. The molecule has 8 heteroatoms. The third-order valence-electron chi connectivity index (χ3n) is 3.76. The van der Waals surface area contributed by atoms with Crippen LogP contribution >= 0.6 is 22.6 Å². The molecule has 142 valence electrons. The number of para-hydroxylation sites is 1. The molecule has 1 N–H and O–H groups in total. The van der Waals surface area contributed by atoms with Crippen molar-refractivity contribution in [1.82, 2.24) is 9.78 Å². The fourth-order valence-electron chi connectivity index (χ4n) is 2.45. The Morgan fingerprint density at radius 1 is 1.11 bits per heavy atom. The minimum atomic E-state index is -0.731. The van der Waals surface area contributed by atoms with E-state index in [1.807, 2.05) is 0 Å². The topological polar surface area (TPSA) is 90.3 Å². The number of hydrogen-bond donors (Lipinski definition) is 1. The van der Waals surface area contributed by atoms with Crippen molar-refractivity contribution in [3.8, 4) is 5.69 Å². The number of nitrogens with zero attached hydrogens (tertiary/aromatic N) is 2. The Labute approximate surface area is 174 Å². The van der Waals surface area contributed by atoms with Crippen molar-refractivity contribution in [2.24, 2.45) is 0 Å². The summed E-state index contributed by atoms with van der Waals surface area (Å²) in [5, 5.41) is 6.72. The van der Waals surface area contributed by atoms with E-state index in [1.54, 1.807) is 61.5 Å². The number of halogens is 1. The summed E-state index contributed by atoms with van der Waals surface area (Å²) in [7, 11) is 0. The van der Waals surface area contributed by atoms with Crippen LogP contribution in [0.1, 0.15) is 27.8 Å². The lowest BCUT2D eigenvalue weighted by Gasteiger charge is -2.12. The first-order chi connectivity index (χ1) is 13.5. The lowest BCUT2D eigenvalue weighted by Crippen LogP contribution is -2.27. The molecule has 3 aromatic rings. The van der Waals surface area contributed by atoms with Gasteiger partial charge in [0, 0.05) is 15.2 Å². The normalized spacial score (nSPS) is 10.4. The fraction of sp³-hybridized carbons (Fsp3) is 0.100. The van der Waals surface area contributed by atoms with E-state index in [-0.39, 0.29) is 18.0 Å². The number of aromatic nitrogens is 2. The van der Waals surface area contributed by atoms with Crippen LogP contribution in [0.5, 0.6) is 0 Å². The highest BCUT2D eigenvalue weighted by Gasteiger charge is 2.20. The second kappa shape index (κ2) is 8.79. The number of hydrogen-bond acceptors (Lipinski definition) is 5. The van der Waals surface area contributed by atoms with Crippen molar-refractivity contribution in [3.05, 3.63) is 85.8 Å². The van der Waals surface area contributed by atoms with Crippen LogP contribution in [0.25, 0.3) is 5.69 Å². The Kier molecular flexibility index (Phi) is 6.19. The number of amides is 1. The predicted octanol–water partition coefficient (Wildman–Crippen LogP) is 3.27. The van der Waals surface area contributed by atoms with Crippen molar-refractivity contribution < 1.29 is 14.3 Å². The Balaban J connectivity index is 2.03. The highest BCUT2D eigenvalue weighted by molar-refractivity contribution is 14.1. The smallest absolute Gasteiger partial charge is 0.360 e. The third kappa shape index (κ3) is 4.45. The van der Waals surface area contributed by atoms with E-state index in [0.717, 1.165) is 14.3 Å². The van der Waals surface area contributed by atoms with Crippen LogP contribution < -0.4 is 10.9 Å². The maximum atomic E-state index is 12.5. The summed E-state index contributed by atoms with van der Waals surface area (Å²) in [4.78, 5) is 37.4. The van der Waals surface area contributed by atoms with Gasteiger partial charge < -0.3 is 10.1 Å². The van der Waals surface area contributed by atoms with Crippen LogP contribution in [0.2, 0.25) is 0 Å². The zero-order valence-electron chi connectivity index (χ0n) is 14.9. The molecular weight excluding hydrogens is 473 g/mol. The van der Waals surface area contributed by atoms with Crippen LogP contribution in [0.4, 0.5) is 5.69 Å². The van der Waals surface area contributed by atoms with Gasteiger partial charge in [0.1, 0.15) is 0 Å². The third-order valence-corrected chi connectivity index (χ3v) is 4.48. The molecule has 0 aliphatic carbocycles. The van der Waals surface area contributed by atoms with Crippen molar-refractivity contribution in [3.63, 3.8) is 0 Å². The molecule has 0 atom stereocenters. The van der Waals surface area contributed by atoms with E-state index in [9.17, 15) is 14.4 Å². The Morgan fingerprint density at radius 2 is 1.79 bits per heavy atom. The molecule has 7 nitrogen and oxygen atoms in total. The maximum absolute atomic E-state index is 12.5. The number of esters is 1. The van der Waals surface area contributed by atoms with Gasteiger partial charge in [-0.3, -0.25) is 9.59 Å². The molecular formula is C20H16IN3O4. The number of nitrogens with one attached hydrogen (secondary N) is 1. The zero-order chi connectivity index (χ0) is 20.1. The second-order valence-corrected chi connectivity index (χ2v) is 6.92. The first-order valence-electron chi connectivity index (χ1n) is 8.43. The molecule has 0 unspecified atom stereocenters. The number of carbonyl (C=O) groups excluding carboxylic acids is 2. The SMILES string of the molecule is CCOC(=O)c1nn(-c2ccccc2)c(=O)cc1NC(=O)c1ccc(I)cc1. The Morgan fingerprint density at radius 3 is 2.43 bits per heavy atom. The first-order valence-corrected chi connectivity index (χ1v) is 9.51. The lowest BCUT2D eigenvalue weighted by molar-refractivity contribution is 0.0518. The molecule has 2 aromatic carbocycles. The van der Waals surface area contributed by atoms with Gasteiger partial charge in [-0.25, -0.2) is 4.79 Å². The molecule has 0 radical (unpaired) electrons. The largest absolute Gasteiger partial charge is 0.461 e. The van der Waals surface area contributed by atoms with Gasteiger partial charge in [-0.05, 0) is 65.9 Å². The van der Waals surface area contributed by atoms with Gasteiger partial charge in [-0.1, -0.05) is 18.2 Å².